The number of amides is 5. The molecule has 6 rings (SSSR count). The second-order valence-corrected chi connectivity index (χ2v) is 15.7. The molecule has 4 aromatic carbocycles. The van der Waals surface area contributed by atoms with Crippen LogP contribution in [0.15, 0.2) is 97.1 Å². The Hall–Kier alpha value is -6.14. The fourth-order valence-corrected chi connectivity index (χ4v) is 7.71. The van der Waals surface area contributed by atoms with E-state index < -0.39 is 29.7 Å². The number of carbonyl (C=O) groups is 5. The molecule has 2 heterocycles. The molecule has 2 aliphatic rings. The SMILES string of the molecule is O=C(CCOCCOCCOCCOCCOCCNc1cccc2c1C(=O)N(C1CCC(=O)NC1=O)C2=O)NCCOc1ccc(C(=C(CCCl)c2ccccc2)c2ccc(O)cc2)cc1. The van der Waals surface area contributed by atoms with Gasteiger partial charge in [-0.3, -0.25) is 34.2 Å². The van der Waals surface area contributed by atoms with Gasteiger partial charge in [-0.1, -0.05) is 60.7 Å². The number of alkyl halides is 1. The number of halogens is 1. The number of piperidine rings is 1. The van der Waals surface area contributed by atoms with Crippen LogP contribution in [0.3, 0.4) is 0 Å². The first-order chi connectivity index (χ1) is 32.7. The number of hydrogen-bond acceptors (Lipinski definition) is 13. The standard InChI is InChI=1S/C50H57ClN4O12/c51-21-19-40(35-5-2-1-3-6-35)46(36-9-13-38(56)14-10-36)37-11-15-39(16-12-37)67-26-23-53-44(57)20-24-62-27-29-64-31-33-66-34-32-65-30-28-63-25-22-52-42-8-4-7-41-47(42)50(61)55(49(41)60)43-17-18-45(58)54-48(43)59/h1-16,43,52,56H,17-34H2,(H,53,57)(H,54,58,59). The summed E-state index contributed by atoms with van der Waals surface area (Å²) in [7, 11) is 0. The molecule has 4 aromatic rings. The number of hydrogen-bond donors (Lipinski definition) is 4. The third-order valence-electron chi connectivity index (χ3n) is 10.8. The molecule has 0 radical (unpaired) electrons. The molecule has 0 aliphatic carbocycles. The number of nitrogens with zero attached hydrogens (tertiary/aromatic N) is 1. The highest BCUT2D eigenvalue weighted by Crippen LogP contribution is 2.36. The highest BCUT2D eigenvalue weighted by atomic mass is 35.5. The number of anilines is 1. The Bertz CT molecular complexity index is 2290. The van der Waals surface area contributed by atoms with E-state index in [0.29, 0.717) is 103 Å². The zero-order chi connectivity index (χ0) is 47.2. The lowest BCUT2D eigenvalue weighted by Gasteiger charge is -2.27. The Kier molecular flexibility index (Phi) is 20.2. The van der Waals surface area contributed by atoms with Gasteiger partial charge in [0, 0.05) is 31.0 Å². The Morgan fingerprint density at radius 2 is 1.27 bits per heavy atom. The highest BCUT2D eigenvalue weighted by molar-refractivity contribution is 6.25. The predicted octanol–water partition coefficient (Wildman–Crippen LogP) is 5.46. The fourth-order valence-electron chi connectivity index (χ4n) is 7.52. The molecule has 67 heavy (non-hydrogen) atoms. The van der Waals surface area contributed by atoms with Crippen LogP contribution in [0.4, 0.5) is 5.69 Å². The number of fused-ring (bicyclic) bond motifs is 1. The van der Waals surface area contributed by atoms with Crippen molar-refractivity contribution in [3.05, 3.63) is 125 Å². The topological polar surface area (TPSA) is 200 Å². The Morgan fingerprint density at radius 1 is 0.657 bits per heavy atom. The third kappa shape index (κ3) is 14.9. The summed E-state index contributed by atoms with van der Waals surface area (Å²) in [6, 6.07) is 29.0. The lowest BCUT2D eigenvalue weighted by Crippen LogP contribution is -2.54. The van der Waals surface area contributed by atoms with Gasteiger partial charge in [-0.15, -0.1) is 11.6 Å². The van der Waals surface area contributed by atoms with Crippen molar-refractivity contribution in [1.82, 2.24) is 15.5 Å². The zero-order valence-electron chi connectivity index (χ0n) is 37.3. The van der Waals surface area contributed by atoms with Gasteiger partial charge in [0.25, 0.3) is 11.8 Å². The maximum atomic E-state index is 13.2. The molecule has 356 valence electrons. The molecule has 2 aliphatic heterocycles. The number of allylic oxidation sites excluding steroid dienone is 1. The van der Waals surface area contributed by atoms with Gasteiger partial charge in [-0.2, -0.15) is 0 Å². The quantitative estimate of drug-likeness (QED) is 0.0232. The Labute approximate surface area is 394 Å². The maximum absolute atomic E-state index is 13.2. The van der Waals surface area contributed by atoms with Gasteiger partial charge >= 0.3 is 0 Å². The molecule has 0 bridgehead atoms. The predicted molar refractivity (Wildman–Crippen MR) is 251 cm³/mol. The van der Waals surface area contributed by atoms with Crippen LogP contribution >= 0.6 is 11.6 Å². The zero-order valence-corrected chi connectivity index (χ0v) is 38.1. The molecular weight excluding hydrogens is 884 g/mol. The van der Waals surface area contributed by atoms with E-state index in [0.717, 1.165) is 32.7 Å². The van der Waals surface area contributed by atoms with Crippen molar-refractivity contribution >= 4 is 58.0 Å². The molecule has 1 unspecified atom stereocenters. The van der Waals surface area contributed by atoms with Crippen LogP contribution in [0.5, 0.6) is 11.5 Å². The summed E-state index contributed by atoms with van der Waals surface area (Å²) in [4.78, 5) is 63.3. The lowest BCUT2D eigenvalue weighted by molar-refractivity contribution is -0.136. The highest BCUT2D eigenvalue weighted by Gasteiger charge is 2.45. The number of aromatic hydroxyl groups is 1. The van der Waals surface area contributed by atoms with E-state index in [1.807, 2.05) is 54.6 Å². The van der Waals surface area contributed by atoms with Crippen LogP contribution in [-0.2, 0) is 38.1 Å². The van der Waals surface area contributed by atoms with E-state index in [4.69, 9.17) is 40.0 Å². The minimum absolute atomic E-state index is 0.0557. The number of carbonyl (C=O) groups excluding carboxylic acids is 5. The van der Waals surface area contributed by atoms with Gasteiger partial charge in [0.1, 0.15) is 24.1 Å². The summed E-state index contributed by atoms with van der Waals surface area (Å²) in [5.41, 5.74) is 6.03. The van der Waals surface area contributed by atoms with Gasteiger partial charge in [0.2, 0.25) is 17.7 Å². The summed E-state index contributed by atoms with van der Waals surface area (Å²) in [6.45, 7) is 4.59. The molecule has 4 N–H and O–H groups in total. The van der Waals surface area contributed by atoms with Gasteiger partial charge in [0.15, 0.2) is 0 Å². The number of ether oxygens (including phenoxy) is 6. The minimum Gasteiger partial charge on any atom is -0.508 e. The van der Waals surface area contributed by atoms with Gasteiger partial charge in [-0.05, 0) is 77.1 Å². The monoisotopic (exact) mass is 940 g/mol. The first-order valence-corrected chi connectivity index (χ1v) is 22.9. The van der Waals surface area contributed by atoms with Crippen molar-refractivity contribution in [2.75, 3.05) is 97.0 Å². The van der Waals surface area contributed by atoms with Crippen LogP contribution in [0.25, 0.3) is 11.1 Å². The van der Waals surface area contributed by atoms with E-state index in [1.54, 1.807) is 30.3 Å². The van der Waals surface area contributed by atoms with E-state index in [9.17, 15) is 29.1 Å². The van der Waals surface area contributed by atoms with Gasteiger partial charge in [-0.25, -0.2) is 0 Å². The summed E-state index contributed by atoms with van der Waals surface area (Å²) < 4.78 is 33.6. The van der Waals surface area contributed by atoms with Crippen LogP contribution in [-0.4, -0.2) is 137 Å². The molecule has 0 saturated carbocycles. The summed E-state index contributed by atoms with van der Waals surface area (Å²) in [5, 5.41) is 18.1. The first kappa shape index (κ1) is 50.3. The largest absolute Gasteiger partial charge is 0.508 e. The van der Waals surface area contributed by atoms with E-state index in [1.165, 1.54) is 0 Å². The summed E-state index contributed by atoms with van der Waals surface area (Å²) >= 11 is 6.27. The fraction of sp³-hybridized carbons (Fsp3) is 0.380. The smallest absolute Gasteiger partial charge is 0.264 e. The summed E-state index contributed by atoms with van der Waals surface area (Å²) in [6.07, 6.45) is 1.03. The molecule has 5 amide bonds. The summed E-state index contributed by atoms with van der Waals surface area (Å²) in [5.74, 6) is -1.02. The van der Waals surface area contributed by atoms with Crippen molar-refractivity contribution in [2.45, 2.75) is 31.7 Å². The van der Waals surface area contributed by atoms with E-state index in [-0.39, 0.29) is 48.7 Å². The van der Waals surface area contributed by atoms with Crippen LogP contribution in [0.2, 0.25) is 0 Å². The molecule has 0 spiro atoms. The first-order valence-electron chi connectivity index (χ1n) is 22.4. The molecule has 0 aromatic heterocycles. The molecule has 1 fully saturated rings. The average molecular weight is 941 g/mol. The number of rotatable bonds is 29. The van der Waals surface area contributed by atoms with Gasteiger partial charge in [0.05, 0.1) is 83.7 Å². The average Bonchev–Trinajstić information content (AvgIpc) is 3.59. The normalized spacial score (nSPS) is 15.0. The number of benzene rings is 4. The van der Waals surface area contributed by atoms with Crippen molar-refractivity contribution in [2.24, 2.45) is 0 Å². The molecule has 16 nitrogen and oxygen atoms in total. The lowest BCUT2D eigenvalue weighted by atomic mass is 9.88. The van der Waals surface area contributed by atoms with Crippen LogP contribution in [0, 0.1) is 0 Å². The van der Waals surface area contributed by atoms with Gasteiger partial charge < -0.3 is 44.2 Å². The third-order valence-corrected chi connectivity index (χ3v) is 10.9. The molecule has 17 heteroatoms. The number of phenols is 1. The van der Waals surface area contributed by atoms with Crippen molar-refractivity contribution in [3.8, 4) is 11.5 Å². The van der Waals surface area contributed by atoms with Crippen LogP contribution in [0.1, 0.15) is 63.1 Å². The van der Waals surface area contributed by atoms with E-state index in [2.05, 4.69) is 28.1 Å². The number of phenolic OH excluding ortho intramolecular Hbond substituents is 1. The Morgan fingerprint density at radius 3 is 1.90 bits per heavy atom. The van der Waals surface area contributed by atoms with Crippen molar-refractivity contribution in [3.63, 3.8) is 0 Å². The van der Waals surface area contributed by atoms with Crippen LogP contribution < -0.4 is 20.7 Å². The van der Waals surface area contributed by atoms with Crippen molar-refractivity contribution < 1.29 is 57.5 Å². The number of nitrogens with one attached hydrogen (secondary N) is 3. The Balaban J connectivity index is 0.741. The maximum Gasteiger partial charge on any atom is 0.264 e. The second-order valence-electron chi connectivity index (χ2n) is 15.3. The van der Waals surface area contributed by atoms with E-state index >= 15 is 0 Å². The second kappa shape index (κ2) is 26.9. The number of imide groups is 2. The minimum atomic E-state index is -1.02. The molecular formula is C50H57ClN4O12. The molecule has 1 saturated heterocycles. The molecule has 1 atom stereocenters. The van der Waals surface area contributed by atoms with Crippen molar-refractivity contribution in [1.29, 1.82) is 0 Å².